The van der Waals surface area contributed by atoms with Crippen molar-refractivity contribution in [3.63, 3.8) is 0 Å². The molecule has 6 heteroatoms. The Morgan fingerprint density at radius 1 is 1.46 bits per heavy atom. The largest absolute Gasteiger partial charge is 0.494 e. The summed E-state index contributed by atoms with van der Waals surface area (Å²) in [6.07, 6.45) is 4.75. The van der Waals surface area contributed by atoms with Crippen LogP contribution in [0.15, 0.2) is 29.3 Å². The summed E-state index contributed by atoms with van der Waals surface area (Å²) < 4.78 is 5.78. The molecule has 1 heterocycles. The first-order valence-electron chi connectivity index (χ1n) is 9.58. The standard InChI is InChI=1S/C20H32N4O2/c1-3-4-11-26-18-9-5-7-16(12-18)14-23-20(22-2)24-10-6-8-17(15-24)13-19(21)25/h5,7,9,12,17H,3-4,6,8,10-11,13-15H2,1-2H3,(H2,21,25)(H,22,23). The maximum atomic E-state index is 11.2. The molecule has 1 aromatic rings. The summed E-state index contributed by atoms with van der Waals surface area (Å²) in [5.41, 5.74) is 6.51. The molecule has 0 aliphatic carbocycles. The van der Waals surface area contributed by atoms with Gasteiger partial charge in [0.2, 0.25) is 5.91 Å². The van der Waals surface area contributed by atoms with E-state index in [1.165, 1.54) is 0 Å². The Hall–Kier alpha value is -2.24. The summed E-state index contributed by atoms with van der Waals surface area (Å²) in [6, 6.07) is 8.17. The average molecular weight is 361 g/mol. The Labute approximate surface area is 156 Å². The first kappa shape index (κ1) is 20.1. The second kappa shape index (κ2) is 10.7. The molecule has 2 rings (SSSR count). The van der Waals surface area contributed by atoms with Crippen molar-refractivity contribution >= 4 is 11.9 Å². The van der Waals surface area contributed by atoms with Gasteiger partial charge in [-0.1, -0.05) is 25.5 Å². The van der Waals surface area contributed by atoms with Crippen molar-refractivity contribution in [1.82, 2.24) is 10.2 Å². The Bertz CT molecular complexity index is 603. The van der Waals surface area contributed by atoms with E-state index in [2.05, 4.69) is 34.3 Å². The van der Waals surface area contributed by atoms with Crippen LogP contribution >= 0.6 is 0 Å². The molecule has 1 saturated heterocycles. The summed E-state index contributed by atoms with van der Waals surface area (Å²) in [5.74, 6) is 1.87. The SMILES string of the molecule is CCCCOc1cccc(CNC(=NC)N2CCCC(CC(N)=O)C2)c1. The fourth-order valence-corrected chi connectivity index (χ4v) is 3.30. The molecule has 3 N–H and O–H groups in total. The van der Waals surface area contributed by atoms with Crippen LogP contribution in [0.2, 0.25) is 0 Å². The van der Waals surface area contributed by atoms with Crippen molar-refractivity contribution < 1.29 is 9.53 Å². The van der Waals surface area contributed by atoms with E-state index in [1.54, 1.807) is 7.05 Å². The lowest BCUT2D eigenvalue weighted by Gasteiger charge is -2.34. The third-order valence-corrected chi connectivity index (χ3v) is 4.64. The molecule has 0 aromatic heterocycles. The number of hydrogen-bond donors (Lipinski definition) is 2. The first-order chi connectivity index (χ1) is 12.6. The molecule has 1 fully saturated rings. The van der Waals surface area contributed by atoms with Gasteiger partial charge in [-0.15, -0.1) is 0 Å². The zero-order valence-electron chi connectivity index (χ0n) is 16.0. The number of aliphatic imine (C=N–C) groups is 1. The molecular weight excluding hydrogens is 328 g/mol. The lowest BCUT2D eigenvalue weighted by atomic mass is 9.95. The molecular formula is C20H32N4O2. The van der Waals surface area contributed by atoms with Crippen LogP contribution in [-0.2, 0) is 11.3 Å². The molecule has 0 saturated carbocycles. The minimum atomic E-state index is -0.223. The smallest absolute Gasteiger partial charge is 0.217 e. The van der Waals surface area contributed by atoms with E-state index in [0.29, 0.717) is 18.9 Å². The highest BCUT2D eigenvalue weighted by Crippen LogP contribution is 2.19. The second-order valence-electron chi connectivity index (χ2n) is 6.87. The third-order valence-electron chi connectivity index (χ3n) is 4.64. The van der Waals surface area contributed by atoms with E-state index in [0.717, 1.165) is 62.7 Å². The van der Waals surface area contributed by atoms with E-state index in [9.17, 15) is 4.79 Å². The molecule has 26 heavy (non-hydrogen) atoms. The van der Waals surface area contributed by atoms with E-state index >= 15 is 0 Å². The minimum absolute atomic E-state index is 0.223. The zero-order valence-corrected chi connectivity index (χ0v) is 16.0. The van der Waals surface area contributed by atoms with Crippen LogP contribution in [0.1, 0.15) is 44.6 Å². The van der Waals surface area contributed by atoms with Gasteiger partial charge in [0.05, 0.1) is 6.61 Å². The highest BCUT2D eigenvalue weighted by Gasteiger charge is 2.23. The molecule has 0 spiro atoms. The Kier molecular flexibility index (Phi) is 8.25. The molecule has 1 amide bonds. The quantitative estimate of drug-likeness (QED) is 0.424. The van der Waals surface area contributed by atoms with Gasteiger partial charge in [-0.25, -0.2) is 0 Å². The summed E-state index contributed by atoms with van der Waals surface area (Å²) >= 11 is 0. The van der Waals surface area contributed by atoms with Crippen LogP contribution < -0.4 is 15.8 Å². The molecule has 0 bridgehead atoms. The summed E-state index contributed by atoms with van der Waals surface area (Å²) in [6.45, 7) is 5.38. The van der Waals surface area contributed by atoms with Gasteiger partial charge in [0.1, 0.15) is 5.75 Å². The molecule has 144 valence electrons. The van der Waals surface area contributed by atoms with E-state index < -0.39 is 0 Å². The van der Waals surface area contributed by atoms with E-state index in [4.69, 9.17) is 10.5 Å². The van der Waals surface area contributed by atoms with Crippen LogP contribution in [0.5, 0.6) is 5.75 Å². The number of rotatable bonds is 8. The molecule has 1 aromatic carbocycles. The average Bonchev–Trinajstić information content (AvgIpc) is 2.63. The monoisotopic (exact) mass is 360 g/mol. The number of carbonyl (C=O) groups excluding carboxylic acids is 1. The van der Waals surface area contributed by atoms with Gasteiger partial charge in [0, 0.05) is 33.1 Å². The summed E-state index contributed by atoms with van der Waals surface area (Å²) in [5, 5.41) is 3.43. The van der Waals surface area contributed by atoms with Crippen molar-refractivity contribution in [1.29, 1.82) is 0 Å². The number of benzene rings is 1. The third kappa shape index (κ3) is 6.58. The van der Waals surface area contributed by atoms with Gasteiger partial charge in [-0.05, 0) is 42.9 Å². The van der Waals surface area contributed by atoms with E-state index in [1.807, 2.05) is 12.1 Å². The maximum Gasteiger partial charge on any atom is 0.217 e. The van der Waals surface area contributed by atoms with Gasteiger partial charge in [0.25, 0.3) is 0 Å². The van der Waals surface area contributed by atoms with Crippen LogP contribution in [0, 0.1) is 5.92 Å². The number of primary amides is 1. The molecule has 1 aliphatic rings. The second-order valence-corrected chi connectivity index (χ2v) is 6.87. The predicted molar refractivity (Wildman–Crippen MR) is 105 cm³/mol. The van der Waals surface area contributed by atoms with Gasteiger partial charge >= 0.3 is 0 Å². The molecule has 1 aliphatic heterocycles. The highest BCUT2D eigenvalue weighted by atomic mass is 16.5. The minimum Gasteiger partial charge on any atom is -0.494 e. The summed E-state index contributed by atoms with van der Waals surface area (Å²) in [7, 11) is 1.80. The van der Waals surface area contributed by atoms with Crippen LogP contribution in [0.4, 0.5) is 0 Å². The first-order valence-corrected chi connectivity index (χ1v) is 9.58. The fourth-order valence-electron chi connectivity index (χ4n) is 3.30. The topological polar surface area (TPSA) is 79.9 Å². The highest BCUT2D eigenvalue weighted by molar-refractivity contribution is 5.80. The van der Waals surface area contributed by atoms with Gasteiger partial charge in [-0.2, -0.15) is 0 Å². The van der Waals surface area contributed by atoms with Gasteiger partial charge in [-0.3, -0.25) is 9.79 Å². The maximum absolute atomic E-state index is 11.2. The zero-order chi connectivity index (χ0) is 18.8. The van der Waals surface area contributed by atoms with E-state index in [-0.39, 0.29) is 5.91 Å². The molecule has 1 unspecified atom stereocenters. The van der Waals surface area contributed by atoms with Crippen molar-refractivity contribution in [2.75, 3.05) is 26.7 Å². The number of ether oxygens (including phenoxy) is 1. The number of guanidine groups is 1. The fraction of sp³-hybridized carbons (Fsp3) is 0.600. The van der Waals surface area contributed by atoms with Crippen LogP contribution in [0.3, 0.4) is 0 Å². The molecule has 6 nitrogen and oxygen atoms in total. The lowest BCUT2D eigenvalue weighted by molar-refractivity contribution is -0.119. The lowest BCUT2D eigenvalue weighted by Crippen LogP contribution is -2.46. The molecule has 0 radical (unpaired) electrons. The van der Waals surface area contributed by atoms with Crippen LogP contribution in [0.25, 0.3) is 0 Å². The Morgan fingerprint density at radius 3 is 3.04 bits per heavy atom. The van der Waals surface area contributed by atoms with Gasteiger partial charge in [0.15, 0.2) is 5.96 Å². The number of piperidine rings is 1. The number of unbranched alkanes of at least 4 members (excludes halogenated alkanes) is 1. The Morgan fingerprint density at radius 2 is 2.31 bits per heavy atom. The number of amides is 1. The van der Waals surface area contributed by atoms with Gasteiger partial charge < -0.3 is 20.7 Å². The number of nitrogens with one attached hydrogen (secondary N) is 1. The molecule has 1 atom stereocenters. The van der Waals surface area contributed by atoms with Crippen molar-refractivity contribution in [3.05, 3.63) is 29.8 Å². The summed E-state index contributed by atoms with van der Waals surface area (Å²) in [4.78, 5) is 17.8. The van der Waals surface area contributed by atoms with Crippen molar-refractivity contribution in [3.8, 4) is 5.75 Å². The van der Waals surface area contributed by atoms with Crippen LogP contribution in [-0.4, -0.2) is 43.5 Å². The number of nitrogens with zero attached hydrogens (tertiary/aromatic N) is 2. The normalized spacial score (nSPS) is 17.8. The number of hydrogen-bond acceptors (Lipinski definition) is 3. The number of nitrogens with two attached hydrogens (primary N) is 1. The van der Waals surface area contributed by atoms with Crippen molar-refractivity contribution in [2.24, 2.45) is 16.6 Å². The number of carbonyl (C=O) groups is 1. The number of likely N-dealkylation sites (tertiary alicyclic amines) is 1. The Balaban J connectivity index is 1.88. The predicted octanol–water partition coefficient (Wildman–Crippen LogP) is 2.53. The van der Waals surface area contributed by atoms with Crippen molar-refractivity contribution in [2.45, 2.75) is 45.6 Å².